The molecule has 0 aromatic heterocycles. The van der Waals surface area contributed by atoms with Gasteiger partial charge in [-0.1, -0.05) is 0 Å². The molecule has 2 heterocycles. The Balaban J connectivity index is 1.59. The Morgan fingerprint density at radius 2 is 2.12 bits per heavy atom. The van der Waals surface area contributed by atoms with E-state index in [1.165, 1.54) is 58.3 Å². The fraction of sp³-hybridized carbons (Fsp3) is 1.00. The number of hydrogen-bond acceptors (Lipinski definition) is 3. The zero-order valence-electron chi connectivity index (χ0n) is 11.3. The molecule has 0 aromatic rings. The van der Waals surface area contributed by atoms with Crippen molar-refractivity contribution in [1.29, 1.82) is 0 Å². The van der Waals surface area contributed by atoms with Gasteiger partial charge in [0.15, 0.2) is 0 Å². The van der Waals surface area contributed by atoms with Gasteiger partial charge in [-0.25, -0.2) is 0 Å². The largest absolute Gasteiger partial charge is 0.377 e. The molecule has 0 aliphatic carbocycles. The summed E-state index contributed by atoms with van der Waals surface area (Å²) in [7, 11) is 0. The molecule has 0 bridgehead atoms. The van der Waals surface area contributed by atoms with Gasteiger partial charge in [0.25, 0.3) is 0 Å². The molecule has 2 saturated heterocycles. The Morgan fingerprint density at radius 3 is 2.94 bits per heavy atom. The molecule has 1 atom stereocenters. The lowest BCUT2D eigenvalue weighted by Gasteiger charge is -2.25. The Kier molecular flexibility index (Phi) is 5.75. The van der Waals surface area contributed by atoms with Crippen LogP contribution in [-0.4, -0.2) is 50.3 Å². The zero-order chi connectivity index (χ0) is 11.9. The van der Waals surface area contributed by atoms with Crippen LogP contribution < -0.4 is 5.32 Å². The molecular formula is C14H28N2O. The summed E-state index contributed by atoms with van der Waals surface area (Å²) in [4.78, 5) is 2.60. The smallest absolute Gasteiger partial charge is 0.0673 e. The van der Waals surface area contributed by atoms with Crippen LogP contribution >= 0.6 is 0 Å². The minimum absolute atomic E-state index is 0.427. The van der Waals surface area contributed by atoms with E-state index < -0.39 is 0 Å². The van der Waals surface area contributed by atoms with Crippen LogP contribution in [-0.2, 0) is 4.74 Å². The van der Waals surface area contributed by atoms with E-state index >= 15 is 0 Å². The van der Waals surface area contributed by atoms with Crippen LogP contribution in [0.5, 0.6) is 0 Å². The molecule has 1 N–H and O–H groups in total. The summed E-state index contributed by atoms with van der Waals surface area (Å²) in [5.41, 5.74) is 0. The van der Waals surface area contributed by atoms with Crippen LogP contribution in [0.25, 0.3) is 0 Å². The molecule has 0 aromatic carbocycles. The van der Waals surface area contributed by atoms with E-state index in [1.807, 2.05) is 0 Å². The second-order valence-electron chi connectivity index (χ2n) is 5.67. The van der Waals surface area contributed by atoms with E-state index in [-0.39, 0.29) is 0 Å². The fourth-order valence-corrected chi connectivity index (χ4v) is 3.06. The first-order valence-electron chi connectivity index (χ1n) is 7.39. The van der Waals surface area contributed by atoms with Crippen LogP contribution in [0, 0.1) is 5.92 Å². The van der Waals surface area contributed by atoms with E-state index in [4.69, 9.17) is 4.74 Å². The summed E-state index contributed by atoms with van der Waals surface area (Å²) in [5.74, 6) is 0.983. The van der Waals surface area contributed by atoms with E-state index in [0.29, 0.717) is 6.10 Å². The van der Waals surface area contributed by atoms with Gasteiger partial charge in [0.1, 0.15) is 0 Å². The normalized spacial score (nSPS) is 29.1. The Bertz CT molecular complexity index is 204. The van der Waals surface area contributed by atoms with Gasteiger partial charge in [0.2, 0.25) is 0 Å². The van der Waals surface area contributed by atoms with Gasteiger partial charge < -0.3 is 15.0 Å². The monoisotopic (exact) mass is 240 g/mol. The Labute approximate surface area is 106 Å². The van der Waals surface area contributed by atoms with Crippen molar-refractivity contribution >= 4 is 0 Å². The quantitative estimate of drug-likeness (QED) is 0.812. The molecule has 0 saturated carbocycles. The molecule has 1 unspecified atom stereocenters. The van der Waals surface area contributed by atoms with Crippen LogP contribution in [0.15, 0.2) is 0 Å². The average Bonchev–Trinajstić information content (AvgIpc) is 2.55. The third kappa shape index (κ3) is 4.94. The Morgan fingerprint density at radius 1 is 1.29 bits per heavy atom. The first kappa shape index (κ1) is 13.3. The summed E-state index contributed by atoms with van der Waals surface area (Å²) in [6.45, 7) is 9.26. The first-order chi connectivity index (χ1) is 8.34. The SMILES string of the molecule is CC1CN(CCCC2CCNCC2)CCCO1. The van der Waals surface area contributed by atoms with Gasteiger partial charge in [-0.15, -0.1) is 0 Å². The molecule has 3 nitrogen and oxygen atoms in total. The van der Waals surface area contributed by atoms with Crippen molar-refractivity contribution in [1.82, 2.24) is 10.2 Å². The molecular weight excluding hydrogens is 212 g/mol. The number of ether oxygens (including phenoxy) is 1. The van der Waals surface area contributed by atoms with E-state index in [9.17, 15) is 0 Å². The van der Waals surface area contributed by atoms with Gasteiger partial charge in [-0.3, -0.25) is 0 Å². The third-order valence-corrected chi connectivity index (χ3v) is 4.08. The maximum atomic E-state index is 5.68. The molecule has 17 heavy (non-hydrogen) atoms. The summed E-state index contributed by atoms with van der Waals surface area (Å²) >= 11 is 0. The van der Waals surface area contributed by atoms with Crippen molar-refractivity contribution in [3.05, 3.63) is 0 Å². The van der Waals surface area contributed by atoms with E-state index in [1.54, 1.807) is 0 Å². The van der Waals surface area contributed by atoms with Crippen molar-refractivity contribution in [3.63, 3.8) is 0 Å². The second-order valence-corrected chi connectivity index (χ2v) is 5.67. The molecule has 0 amide bonds. The minimum Gasteiger partial charge on any atom is -0.377 e. The predicted molar refractivity (Wildman–Crippen MR) is 71.3 cm³/mol. The van der Waals surface area contributed by atoms with Gasteiger partial charge in [0.05, 0.1) is 6.10 Å². The van der Waals surface area contributed by atoms with E-state index in [0.717, 1.165) is 19.1 Å². The second kappa shape index (κ2) is 7.34. The molecule has 2 fully saturated rings. The van der Waals surface area contributed by atoms with Crippen LogP contribution in [0.2, 0.25) is 0 Å². The zero-order valence-corrected chi connectivity index (χ0v) is 11.3. The van der Waals surface area contributed by atoms with Crippen LogP contribution in [0.3, 0.4) is 0 Å². The van der Waals surface area contributed by atoms with Gasteiger partial charge in [-0.2, -0.15) is 0 Å². The van der Waals surface area contributed by atoms with Gasteiger partial charge in [0, 0.05) is 19.7 Å². The number of hydrogen-bond donors (Lipinski definition) is 1. The topological polar surface area (TPSA) is 24.5 Å². The van der Waals surface area contributed by atoms with Gasteiger partial charge in [-0.05, 0) is 64.6 Å². The highest BCUT2D eigenvalue weighted by Crippen LogP contribution is 2.18. The maximum Gasteiger partial charge on any atom is 0.0673 e. The molecule has 2 rings (SSSR count). The van der Waals surface area contributed by atoms with Crippen LogP contribution in [0.1, 0.15) is 39.0 Å². The molecule has 0 spiro atoms. The molecule has 0 radical (unpaired) electrons. The van der Waals surface area contributed by atoms with Crippen molar-refractivity contribution < 1.29 is 4.74 Å². The highest BCUT2D eigenvalue weighted by molar-refractivity contribution is 4.71. The summed E-state index contributed by atoms with van der Waals surface area (Å²) in [6.07, 6.45) is 7.21. The standard InChI is InChI=1S/C14H28N2O/c1-13-12-16(10-3-11-17-13)9-2-4-14-5-7-15-8-6-14/h13-15H,2-12H2,1H3. The first-order valence-corrected chi connectivity index (χ1v) is 7.39. The lowest BCUT2D eigenvalue weighted by Crippen LogP contribution is -2.32. The van der Waals surface area contributed by atoms with Crippen molar-refractivity contribution in [2.24, 2.45) is 5.92 Å². The number of nitrogens with zero attached hydrogens (tertiary/aromatic N) is 1. The average molecular weight is 240 g/mol. The predicted octanol–water partition coefficient (Wildman–Crippen LogP) is 1.88. The molecule has 2 aliphatic heterocycles. The summed E-state index contributed by atoms with van der Waals surface area (Å²) in [5, 5.41) is 3.44. The number of nitrogens with one attached hydrogen (secondary N) is 1. The highest BCUT2D eigenvalue weighted by atomic mass is 16.5. The molecule has 100 valence electrons. The lowest BCUT2D eigenvalue weighted by molar-refractivity contribution is 0.0673. The van der Waals surface area contributed by atoms with Crippen molar-refractivity contribution in [2.45, 2.75) is 45.1 Å². The highest BCUT2D eigenvalue weighted by Gasteiger charge is 2.16. The van der Waals surface area contributed by atoms with E-state index in [2.05, 4.69) is 17.1 Å². The summed E-state index contributed by atoms with van der Waals surface area (Å²) in [6, 6.07) is 0. The third-order valence-electron chi connectivity index (χ3n) is 4.08. The maximum absolute atomic E-state index is 5.68. The fourth-order valence-electron chi connectivity index (χ4n) is 3.06. The van der Waals surface area contributed by atoms with Gasteiger partial charge >= 0.3 is 0 Å². The molecule has 3 heteroatoms. The Hall–Kier alpha value is -0.120. The van der Waals surface area contributed by atoms with Crippen molar-refractivity contribution in [2.75, 3.05) is 39.3 Å². The number of rotatable bonds is 4. The summed E-state index contributed by atoms with van der Waals surface area (Å²) < 4.78 is 5.68. The van der Waals surface area contributed by atoms with Crippen LogP contribution in [0.4, 0.5) is 0 Å². The minimum atomic E-state index is 0.427. The molecule has 2 aliphatic rings. The number of piperidine rings is 1. The van der Waals surface area contributed by atoms with Crippen molar-refractivity contribution in [3.8, 4) is 0 Å². The lowest BCUT2D eigenvalue weighted by atomic mass is 9.93.